The standard InChI is InChI=1S/C18H25N5S.C2HF3O2/c19-18-21-15-12-6-2-1-3-7-14(12)24-16(15)17(22-18)23-9-11-5-4-8-20-13(11)10-23;3-2(4,5)1(6)7/h11,13,20H,1-10H2,(H2,19,21,22);(H,6,7)/t11-,13+;/m1./s1. The monoisotopic (exact) mass is 457 g/mol. The maximum absolute atomic E-state index is 10.6. The van der Waals surface area contributed by atoms with Gasteiger partial charge in [-0.25, -0.2) is 9.78 Å². The number of carbonyl (C=O) groups is 1. The van der Waals surface area contributed by atoms with Gasteiger partial charge in [-0.3, -0.25) is 0 Å². The molecule has 0 unspecified atom stereocenters. The number of nitrogens with one attached hydrogen (secondary N) is 1. The zero-order chi connectivity index (χ0) is 22.2. The number of thiophene rings is 1. The van der Waals surface area contributed by atoms with Crippen molar-refractivity contribution in [1.82, 2.24) is 15.3 Å². The van der Waals surface area contributed by atoms with Crippen molar-refractivity contribution in [2.45, 2.75) is 57.2 Å². The number of rotatable bonds is 1. The molecule has 7 nitrogen and oxygen atoms in total. The smallest absolute Gasteiger partial charge is 0.475 e. The van der Waals surface area contributed by atoms with Crippen LogP contribution < -0.4 is 16.0 Å². The molecule has 0 aromatic carbocycles. The van der Waals surface area contributed by atoms with Crippen LogP contribution in [0.1, 0.15) is 42.5 Å². The molecule has 5 rings (SSSR count). The molecule has 2 aliphatic heterocycles. The van der Waals surface area contributed by atoms with Crippen LogP contribution in [0.3, 0.4) is 0 Å². The van der Waals surface area contributed by atoms with E-state index < -0.39 is 12.1 Å². The van der Waals surface area contributed by atoms with E-state index in [-0.39, 0.29) is 0 Å². The van der Waals surface area contributed by atoms with Gasteiger partial charge in [0.2, 0.25) is 5.95 Å². The van der Waals surface area contributed by atoms with Crippen LogP contribution in [0.25, 0.3) is 10.2 Å². The van der Waals surface area contributed by atoms with Crippen LogP contribution in [0, 0.1) is 5.92 Å². The number of aryl methyl sites for hydroxylation is 2. The van der Waals surface area contributed by atoms with Gasteiger partial charge in [0.1, 0.15) is 0 Å². The minimum absolute atomic E-state index is 0.435. The second-order valence-corrected chi connectivity index (χ2v) is 9.42. The molecule has 0 saturated carbocycles. The fraction of sp³-hybridized carbons (Fsp3) is 0.650. The van der Waals surface area contributed by atoms with Crippen molar-refractivity contribution in [2.75, 3.05) is 30.3 Å². The van der Waals surface area contributed by atoms with Crippen LogP contribution in [0.4, 0.5) is 24.9 Å². The second kappa shape index (κ2) is 8.78. The highest BCUT2D eigenvalue weighted by Crippen LogP contribution is 2.41. The Labute approximate surface area is 181 Å². The molecule has 2 aromatic rings. The first-order valence-electron chi connectivity index (χ1n) is 10.6. The Morgan fingerprint density at radius 2 is 1.90 bits per heavy atom. The summed E-state index contributed by atoms with van der Waals surface area (Å²) in [6, 6.07) is 0.614. The van der Waals surface area contributed by atoms with Gasteiger partial charge < -0.3 is 21.1 Å². The van der Waals surface area contributed by atoms with Crippen molar-refractivity contribution in [3.05, 3.63) is 10.4 Å². The molecule has 0 radical (unpaired) electrons. The molecule has 11 heteroatoms. The highest BCUT2D eigenvalue weighted by molar-refractivity contribution is 7.19. The van der Waals surface area contributed by atoms with E-state index in [0.29, 0.717) is 12.0 Å². The number of aliphatic carboxylic acids is 1. The molecule has 4 N–H and O–H groups in total. The van der Waals surface area contributed by atoms with E-state index in [1.54, 1.807) is 0 Å². The molecule has 0 amide bonds. The number of halogens is 3. The number of nitrogens with zero attached hydrogens (tertiary/aromatic N) is 3. The summed E-state index contributed by atoms with van der Waals surface area (Å²) in [5, 5.41) is 10.8. The van der Waals surface area contributed by atoms with Crippen LogP contribution >= 0.6 is 11.3 Å². The quantitative estimate of drug-likeness (QED) is 0.564. The maximum Gasteiger partial charge on any atom is 0.490 e. The summed E-state index contributed by atoms with van der Waals surface area (Å²) in [6.45, 7) is 3.31. The van der Waals surface area contributed by atoms with Crippen molar-refractivity contribution in [1.29, 1.82) is 0 Å². The number of hydrogen-bond acceptors (Lipinski definition) is 7. The number of carboxylic acid groups (broad SMARTS) is 1. The van der Waals surface area contributed by atoms with Crippen LogP contribution in [0.5, 0.6) is 0 Å². The Balaban J connectivity index is 0.000000289. The largest absolute Gasteiger partial charge is 0.490 e. The Bertz CT molecular complexity index is 950. The normalized spacial score (nSPS) is 23.5. The number of aromatic nitrogens is 2. The van der Waals surface area contributed by atoms with Gasteiger partial charge in [-0.15, -0.1) is 11.3 Å². The Morgan fingerprint density at radius 3 is 2.61 bits per heavy atom. The Hall–Kier alpha value is -2.14. The van der Waals surface area contributed by atoms with Crippen LogP contribution in [-0.2, 0) is 17.6 Å². The lowest BCUT2D eigenvalue weighted by molar-refractivity contribution is -0.192. The molecule has 170 valence electrons. The number of anilines is 2. The molecule has 0 spiro atoms. The van der Waals surface area contributed by atoms with Crippen molar-refractivity contribution >= 4 is 39.3 Å². The first-order chi connectivity index (χ1) is 14.7. The minimum atomic E-state index is -5.08. The molecule has 2 saturated heterocycles. The van der Waals surface area contributed by atoms with E-state index in [1.165, 1.54) is 53.7 Å². The lowest BCUT2D eigenvalue weighted by atomic mass is 9.94. The van der Waals surface area contributed by atoms with Crippen LogP contribution in [-0.4, -0.2) is 52.9 Å². The maximum atomic E-state index is 10.6. The Kier molecular flexibility index (Phi) is 6.25. The number of hydrogen-bond donors (Lipinski definition) is 3. The third kappa shape index (κ3) is 4.72. The average molecular weight is 458 g/mol. The van der Waals surface area contributed by atoms with Gasteiger partial charge in [0.05, 0.1) is 10.2 Å². The summed E-state index contributed by atoms with van der Waals surface area (Å²) in [7, 11) is 0. The molecule has 3 aliphatic rings. The van der Waals surface area contributed by atoms with E-state index in [0.717, 1.165) is 43.3 Å². The molecule has 4 heterocycles. The zero-order valence-corrected chi connectivity index (χ0v) is 17.9. The highest BCUT2D eigenvalue weighted by Gasteiger charge is 2.38. The Morgan fingerprint density at radius 1 is 1.16 bits per heavy atom. The third-order valence-corrected chi connectivity index (χ3v) is 7.46. The molecule has 31 heavy (non-hydrogen) atoms. The zero-order valence-electron chi connectivity index (χ0n) is 17.0. The summed E-state index contributed by atoms with van der Waals surface area (Å²) in [6.07, 6.45) is 3.80. The van der Waals surface area contributed by atoms with Crippen molar-refractivity contribution in [3.63, 3.8) is 0 Å². The van der Waals surface area contributed by atoms with Gasteiger partial charge >= 0.3 is 12.1 Å². The third-order valence-electron chi connectivity index (χ3n) is 6.18. The SMILES string of the molecule is Nc1nc(N2C[C@H]3CCCN[C@H]3C2)c2sc3c(c2n1)CCCCC3.O=C(O)C(F)(F)F. The predicted octanol–water partition coefficient (Wildman–Crippen LogP) is 3.36. The lowest BCUT2D eigenvalue weighted by Crippen LogP contribution is -2.40. The predicted molar refractivity (Wildman–Crippen MR) is 114 cm³/mol. The molecule has 2 atom stereocenters. The summed E-state index contributed by atoms with van der Waals surface area (Å²) in [4.78, 5) is 22.2. The van der Waals surface area contributed by atoms with E-state index in [4.69, 9.17) is 15.6 Å². The first kappa shape index (κ1) is 22.1. The molecular formula is C20H26F3N5O2S. The van der Waals surface area contributed by atoms with Gasteiger partial charge in [0.25, 0.3) is 0 Å². The average Bonchev–Trinajstić information content (AvgIpc) is 3.20. The van der Waals surface area contributed by atoms with Gasteiger partial charge in [0, 0.05) is 24.0 Å². The number of nitrogens with two attached hydrogens (primary N) is 1. The summed E-state index contributed by atoms with van der Waals surface area (Å²) in [5.74, 6) is -0.479. The summed E-state index contributed by atoms with van der Waals surface area (Å²) in [5.41, 5.74) is 8.71. The first-order valence-corrected chi connectivity index (χ1v) is 11.4. The minimum Gasteiger partial charge on any atom is -0.475 e. The topological polar surface area (TPSA) is 104 Å². The molecule has 0 bridgehead atoms. The molecular weight excluding hydrogens is 431 g/mol. The van der Waals surface area contributed by atoms with Crippen LogP contribution in [0.2, 0.25) is 0 Å². The molecule has 1 aliphatic carbocycles. The van der Waals surface area contributed by atoms with Crippen molar-refractivity contribution < 1.29 is 23.1 Å². The lowest BCUT2D eigenvalue weighted by Gasteiger charge is -2.24. The number of nitrogen functional groups attached to an aromatic ring is 1. The highest BCUT2D eigenvalue weighted by atomic mass is 32.1. The van der Waals surface area contributed by atoms with Crippen LogP contribution in [0.15, 0.2) is 0 Å². The fourth-order valence-corrected chi connectivity index (χ4v) is 6.08. The molecule has 2 aromatic heterocycles. The number of alkyl halides is 3. The van der Waals surface area contributed by atoms with E-state index in [9.17, 15) is 13.2 Å². The van der Waals surface area contributed by atoms with Gasteiger partial charge in [-0.2, -0.15) is 18.2 Å². The van der Waals surface area contributed by atoms with E-state index in [1.807, 2.05) is 11.3 Å². The van der Waals surface area contributed by atoms with E-state index >= 15 is 0 Å². The number of piperidine rings is 1. The van der Waals surface area contributed by atoms with Gasteiger partial charge in [0.15, 0.2) is 5.82 Å². The summed E-state index contributed by atoms with van der Waals surface area (Å²) < 4.78 is 33.0. The van der Waals surface area contributed by atoms with Crippen molar-refractivity contribution in [2.24, 2.45) is 5.92 Å². The number of carboxylic acids is 1. The van der Waals surface area contributed by atoms with Crippen molar-refractivity contribution in [3.8, 4) is 0 Å². The second-order valence-electron chi connectivity index (χ2n) is 8.32. The van der Waals surface area contributed by atoms with Gasteiger partial charge in [-0.05, 0) is 56.6 Å². The summed E-state index contributed by atoms with van der Waals surface area (Å²) >= 11 is 1.93. The molecule has 2 fully saturated rings. The fourth-order valence-electron chi connectivity index (χ4n) is 4.73. The van der Waals surface area contributed by atoms with Gasteiger partial charge in [-0.1, -0.05) is 6.42 Å². The number of fused-ring (bicyclic) bond motifs is 4. The van der Waals surface area contributed by atoms with E-state index in [2.05, 4.69) is 20.2 Å².